The fourth-order valence-electron chi connectivity index (χ4n) is 6.12. The molecule has 45 heavy (non-hydrogen) atoms. The molecular weight excluding hydrogens is 592 g/mol. The molecule has 0 amide bonds. The summed E-state index contributed by atoms with van der Waals surface area (Å²) >= 11 is 0. The third-order valence-corrected chi connectivity index (χ3v) is 9.58. The number of aromatic hydroxyl groups is 1. The van der Waals surface area contributed by atoms with Gasteiger partial charge in [0.15, 0.2) is 11.5 Å². The number of sulfonamides is 1. The quantitative estimate of drug-likeness (QED) is 0.197. The van der Waals surface area contributed by atoms with Crippen LogP contribution in [0.1, 0.15) is 34.1 Å². The van der Waals surface area contributed by atoms with E-state index in [0.29, 0.717) is 36.0 Å². The minimum atomic E-state index is -3.83. The van der Waals surface area contributed by atoms with Gasteiger partial charge in [0, 0.05) is 34.8 Å². The van der Waals surface area contributed by atoms with Gasteiger partial charge in [-0.2, -0.15) is 0 Å². The molecule has 0 radical (unpaired) electrons. The highest BCUT2D eigenvalue weighted by Gasteiger charge is 2.33. The Morgan fingerprint density at radius 2 is 1.69 bits per heavy atom. The van der Waals surface area contributed by atoms with Crippen LogP contribution < -0.4 is 19.8 Å². The first-order valence-corrected chi connectivity index (χ1v) is 16.1. The van der Waals surface area contributed by atoms with E-state index < -0.39 is 21.6 Å². The first-order valence-electron chi connectivity index (χ1n) is 14.6. The minimum absolute atomic E-state index is 0.0349. The van der Waals surface area contributed by atoms with Crippen LogP contribution in [-0.2, 0) is 16.4 Å². The Bertz CT molecular complexity index is 2240. The molecule has 1 aliphatic rings. The Labute approximate surface area is 259 Å². The maximum atomic E-state index is 13.4. The Kier molecular flexibility index (Phi) is 7.31. The average Bonchev–Trinajstić information content (AvgIpc) is 3.40. The maximum absolute atomic E-state index is 13.4. The summed E-state index contributed by atoms with van der Waals surface area (Å²) in [4.78, 5) is 17.1. The van der Waals surface area contributed by atoms with Crippen molar-refractivity contribution in [2.75, 3.05) is 19.8 Å². The van der Waals surface area contributed by atoms with Crippen LogP contribution in [0.25, 0.3) is 21.7 Å². The molecule has 0 fully saturated rings. The van der Waals surface area contributed by atoms with Gasteiger partial charge in [0.25, 0.3) is 0 Å². The molecule has 1 aliphatic heterocycles. The summed E-state index contributed by atoms with van der Waals surface area (Å²) in [5, 5.41) is 13.8. The topological polar surface area (TPSA) is 131 Å². The monoisotopic (exact) mass is 622 g/mol. The minimum Gasteiger partial charge on any atom is -0.507 e. The Morgan fingerprint density at radius 1 is 0.911 bits per heavy atom. The molecule has 3 heterocycles. The molecule has 1 unspecified atom stereocenters. The lowest BCUT2D eigenvalue weighted by atomic mass is 9.85. The first-order chi connectivity index (χ1) is 21.8. The lowest BCUT2D eigenvalue weighted by molar-refractivity contribution is 0.169. The standard InChI is InChI=1S/C35H30N2O7S/c1-21-19-29(38)32(35(39)44-21)31(27-10-6-12-30-34(27)43-18-17-42-30)33-26(25-9-4-5-11-28(25)37-33)15-16-36-45(40,41)24-14-13-22-7-2-3-8-23(22)20-24/h2-14,19-20,31,36-38H,15-18H2,1H3. The third kappa shape index (κ3) is 5.32. The van der Waals surface area contributed by atoms with Crippen LogP contribution in [0.15, 0.2) is 105 Å². The van der Waals surface area contributed by atoms with Crippen molar-refractivity contribution < 1.29 is 27.4 Å². The second kappa shape index (κ2) is 11.5. The van der Waals surface area contributed by atoms with Gasteiger partial charge in [-0.05, 0) is 53.9 Å². The summed E-state index contributed by atoms with van der Waals surface area (Å²) in [5.41, 5.74) is 2.13. The lowest BCUT2D eigenvalue weighted by Crippen LogP contribution is -2.26. The number of aromatic amines is 1. The zero-order chi connectivity index (χ0) is 31.1. The maximum Gasteiger partial charge on any atom is 0.343 e. The predicted molar refractivity (Wildman–Crippen MR) is 171 cm³/mol. The third-order valence-electron chi connectivity index (χ3n) is 8.12. The van der Waals surface area contributed by atoms with E-state index in [2.05, 4.69) is 9.71 Å². The summed E-state index contributed by atoms with van der Waals surface area (Å²) < 4.78 is 46.9. The van der Waals surface area contributed by atoms with Crippen molar-refractivity contribution >= 4 is 31.7 Å². The van der Waals surface area contributed by atoms with Gasteiger partial charge in [-0.1, -0.05) is 60.7 Å². The fourth-order valence-corrected chi connectivity index (χ4v) is 7.18. The van der Waals surface area contributed by atoms with Crippen LogP contribution in [0.3, 0.4) is 0 Å². The normalized spacial score (nSPS) is 13.7. The van der Waals surface area contributed by atoms with Crippen LogP contribution in [0.5, 0.6) is 17.2 Å². The van der Waals surface area contributed by atoms with Gasteiger partial charge in [0.2, 0.25) is 10.0 Å². The molecule has 4 aromatic carbocycles. The molecule has 1 atom stereocenters. The van der Waals surface area contributed by atoms with Crippen molar-refractivity contribution in [2.24, 2.45) is 0 Å². The van der Waals surface area contributed by atoms with Gasteiger partial charge in [-0.25, -0.2) is 17.9 Å². The van der Waals surface area contributed by atoms with Gasteiger partial charge in [-0.3, -0.25) is 0 Å². The molecule has 0 saturated carbocycles. The molecule has 0 saturated heterocycles. The number of H-pyrrole nitrogens is 1. The molecule has 10 heteroatoms. The molecule has 9 nitrogen and oxygen atoms in total. The highest BCUT2D eigenvalue weighted by molar-refractivity contribution is 7.89. The number of para-hydroxylation sites is 2. The molecule has 2 aromatic heterocycles. The van der Waals surface area contributed by atoms with E-state index in [1.54, 1.807) is 31.2 Å². The average molecular weight is 623 g/mol. The van der Waals surface area contributed by atoms with Gasteiger partial charge >= 0.3 is 5.63 Å². The summed E-state index contributed by atoms with van der Waals surface area (Å²) in [7, 11) is -3.83. The zero-order valence-electron chi connectivity index (χ0n) is 24.4. The number of aryl methyl sites for hydroxylation is 1. The molecule has 7 rings (SSSR count). The lowest BCUT2D eigenvalue weighted by Gasteiger charge is -2.26. The molecule has 228 valence electrons. The van der Waals surface area contributed by atoms with E-state index in [9.17, 15) is 18.3 Å². The van der Waals surface area contributed by atoms with Gasteiger partial charge in [-0.15, -0.1) is 0 Å². The van der Waals surface area contributed by atoms with Crippen LogP contribution in [0.4, 0.5) is 0 Å². The number of hydrogen-bond acceptors (Lipinski definition) is 7. The van der Waals surface area contributed by atoms with Crippen molar-refractivity contribution in [3.8, 4) is 17.2 Å². The molecule has 6 aromatic rings. The summed E-state index contributed by atoms with van der Waals surface area (Å²) in [6, 6.07) is 27.1. The SMILES string of the molecule is Cc1cc(O)c(C(c2cccc3c2OCCO3)c2[nH]c3ccccc3c2CCNS(=O)(=O)c2ccc3ccccc3c2)c(=O)o1. The van der Waals surface area contributed by atoms with Crippen molar-refractivity contribution in [2.45, 2.75) is 24.2 Å². The van der Waals surface area contributed by atoms with Gasteiger partial charge in [0.1, 0.15) is 24.7 Å². The summed E-state index contributed by atoms with van der Waals surface area (Å²) in [6.07, 6.45) is 0.285. The number of benzene rings is 4. The predicted octanol–water partition coefficient (Wildman–Crippen LogP) is 5.76. The van der Waals surface area contributed by atoms with Crippen molar-refractivity contribution in [3.05, 3.63) is 130 Å². The molecule has 0 bridgehead atoms. The van der Waals surface area contributed by atoms with E-state index >= 15 is 0 Å². The fraction of sp³-hybridized carbons (Fsp3) is 0.171. The largest absolute Gasteiger partial charge is 0.507 e. The number of fused-ring (bicyclic) bond motifs is 3. The molecule has 0 aliphatic carbocycles. The van der Waals surface area contributed by atoms with E-state index in [1.165, 1.54) is 6.07 Å². The van der Waals surface area contributed by atoms with E-state index in [4.69, 9.17) is 13.9 Å². The van der Waals surface area contributed by atoms with E-state index in [1.807, 2.05) is 60.7 Å². The Morgan fingerprint density at radius 3 is 2.53 bits per heavy atom. The number of nitrogens with one attached hydrogen (secondary N) is 2. The summed E-state index contributed by atoms with van der Waals surface area (Å²) in [6.45, 7) is 2.38. The molecular formula is C35H30N2O7S. The molecule has 3 N–H and O–H groups in total. The van der Waals surface area contributed by atoms with Gasteiger partial charge in [0.05, 0.1) is 16.4 Å². The van der Waals surface area contributed by atoms with Crippen LogP contribution in [0, 0.1) is 6.92 Å². The van der Waals surface area contributed by atoms with Crippen molar-refractivity contribution in [1.29, 1.82) is 0 Å². The Hall–Kier alpha value is -5.06. The van der Waals surface area contributed by atoms with Crippen molar-refractivity contribution in [1.82, 2.24) is 9.71 Å². The zero-order valence-corrected chi connectivity index (χ0v) is 25.2. The number of aromatic nitrogens is 1. The second-order valence-corrected chi connectivity index (χ2v) is 12.7. The first kappa shape index (κ1) is 28.7. The number of ether oxygens (including phenoxy) is 2. The number of rotatable bonds is 8. The smallest absolute Gasteiger partial charge is 0.343 e. The van der Waals surface area contributed by atoms with Gasteiger partial charge < -0.3 is 24.0 Å². The van der Waals surface area contributed by atoms with Crippen LogP contribution in [-0.4, -0.2) is 38.3 Å². The van der Waals surface area contributed by atoms with E-state index in [-0.39, 0.29) is 34.9 Å². The summed E-state index contributed by atoms with van der Waals surface area (Å²) in [5.74, 6) is 0.201. The highest BCUT2D eigenvalue weighted by Crippen LogP contribution is 2.46. The van der Waals surface area contributed by atoms with Crippen LogP contribution >= 0.6 is 0 Å². The van der Waals surface area contributed by atoms with E-state index in [0.717, 1.165) is 27.2 Å². The number of hydrogen-bond donors (Lipinski definition) is 3. The van der Waals surface area contributed by atoms with Crippen LogP contribution in [0.2, 0.25) is 0 Å². The highest BCUT2D eigenvalue weighted by atomic mass is 32.2. The van der Waals surface area contributed by atoms with Crippen molar-refractivity contribution in [3.63, 3.8) is 0 Å². The Balaban J connectivity index is 1.33. The second-order valence-electron chi connectivity index (χ2n) is 11.0. The molecule has 0 spiro atoms.